The molecule has 1 aliphatic carbocycles. The Labute approximate surface area is 118 Å². The lowest BCUT2D eigenvalue weighted by molar-refractivity contribution is 0.483. The summed E-state index contributed by atoms with van der Waals surface area (Å²) in [5.41, 5.74) is 9.74. The van der Waals surface area contributed by atoms with E-state index < -0.39 is 0 Å². The number of fused-ring (bicyclic) bond motifs is 1. The summed E-state index contributed by atoms with van der Waals surface area (Å²) in [5, 5.41) is 8.83. The second kappa shape index (κ2) is 5.26. The highest BCUT2D eigenvalue weighted by atomic mass is 16.5. The van der Waals surface area contributed by atoms with Crippen molar-refractivity contribution in [1.29, 1.82) is 5.26 Å². The maximum absolute atomic E-state index is 8.83. The van der Waals surface area contributed by atoms with Crippen LogP contribution in [-0.2, 0) is 12.8 Å². The van der Waals surface area contributed by atoms with E-state index >= 15 is 0 Å². The zero-order chi connectivity index (χ0) is 13.9. The number of ether oxygens (including phenoxy) is 1. The van der Waals surface area contributed by atoms with Crippen molar-refractivity contribution in [3.63, 3.8) is 0 Å². The van der Waals surface area contributed by atoms with Crippen molar-refractivity contribution >= 4 is 5.69 Å². The molecule has 3 rings (SSSR count). The molecule has 0 aromatic heterocycles. The molecule has 20 heavy (non-hydrogen) atoms. The molecular weight excluding hydrogens is 248 g/mol. The summed E-state index contributed by atoms with van der Waals surface area (Å²) < 4.78 is 5.84. The summed E-state index contributed by atoms with van der Waals surface area (Å²) in [7, 11) is 0. The summed E-state index contributed by atoms with van der Waals surface area (Å²) in [5.74, 6) is 1.40. The van der Waals surface area contributed by atoms with Gasteiger partial charge < -0.3 is 10.5 Å². The van der Waals surface area contributed by atoms with Gasteiger partial charge in [0.15, 0.2) is 0 Å². The molecule has 0 aliphatic heterocycles. The van der Waals surface area contributed by atoms with Crippen molar-refractivity contribution in [2.45, 2.75) is 25.7 Å². The zero-order valence-electron chi connectivity index (χ0n) is 11.2. The first-order valence-corrected chi connectivity index (χ1v) is 6.85. The molecule has 0 amide bonds. The lowest BCUT2D eigenvalue weighted by Crippen LogP contribution is -2.02. The van der Waals surface area contributed by atoms with Crippen LogP contribution in [0.4, 0.5) is 5.69 Å². The summed E-state index contributed by atoms with van der Waals surface area (Å²) in [6, 6.07) is 13.4. The van der Waals surface area contributed by atoms with E-state index in [2.05, 4.69) is 18.2 Å². The molecule has 2 aromatic rings. The highest BCUT2D eigenvalue weighted by molar-refractivity contribution is 5.58. The van der Waals surface area contributed by atoms with Gasteiger partial charge in [0.2, 0.25) is 0 Å². The largest absolute Gasteiger partial charge is 0.455 e. The Balaban J connectivity index is 1.86. The van der Waals surface area contributed by atoms with Crippen molar-refractivity contribution in [3.05, 3.63) is 53.1 Å². The molecule has 0 saturated carbocycles. The normalized spacial score (nSPS) is 13.3. The van der Waals surface area contributed by atoms with Crippen molar-refractivity contribution in [1.82, 2.24) is 0 Å². The maximum Gasteiger partial charge on any atom is 0.150 e. The number of nitriles is 1. The third-order valence-electron chi connectivity index (χ3n) is 3.69. The van der Waals surface area contributed by atoms with Gasteiger partial charge in [0.25, 0.3) is 0 Å². The van der Waals surface area contributed by atoms with Gasteiger partial charge in [-0.05, 0) is 67.1 Å². The van der Waals surface area contributed by atoms with Crippen LogP contribution in [0.5, 0.6) is 11.5 Å². The van der Waals surface area contributed by atoms with Crippen LogP contribution in [0.15, 0.2) is 36.4 Å². The Morgan fingerprint density at radius 1 is 1.00 bits per heavy atom. The van der Waals surface area contributed by atoms with Crippen LogP contribution in [0.2, 0.25) is 0 Å². The minimum absolute atomic E-state index is 0.488. The molecule has 0 heterocycles. The van der Waals surface area contributed by atoms with E-state index in [9.17, 15) is 0 Å². The van der Waals surface area contributed by atoms with Gasteiger partial charge in [-0.25, -0.2) is 0 Å². The van der Waals surface area contributed by atoms with Crippen molar-refractivity contribution in [2.75, 3.05) is 5.73 Å². The first-order valence-electron chi connectivity index (χ1n) is 6.85. The van der Waals surface area contributed by atoms with Gasteiger partial charge in [-0.3, -0.25) is 0 Å². The van der Waals surface area contributed by atoms with Gasteiger partial charge in [0.1, 0.15) is 11.5 Å². The SMILES string of the molecule is N#Cc1ccc(Oc2ccc3c(c2)CCCC3)c(N)c1. The minimum atomic E-state index is 0.488. The highest BCUT2D eigenvalue weighted by Crippen LogP contribution is 2.31. The predicted octanol–water partition coefficient (Wildman–Crippen LogP) is 3.81. The number of nitrogens with zero attached hydrogens (tertiary/aromatic N) is 1. The lowest BCUT2D eigenvalue weighted by Gasteiger charge is -2.17. The summed E-state index contributed by atoms with van der Waals surface area (Å²) in [6.45, 7) is 0. The van der Waals surface area contributed by atoms with Gasteiger partial charge in [0.05, 0.1) is 17.3 Å². The quantitative estimate of drug-likeness (QED) is 0.839. The van der Waals surface area contributed by atoms with Crippen LogP contribution >= 0.6 is 0 Å². The molecule has 100 valence electrons. The Bertz CT molecular complexity index is 686. The molecule has 3 heteroatoms. The van der Waals surface area contributed by atoms with E-state index in [4.69, 9.17) is 15.7 Å². The molecule has 0 spiro atoms. The van der Waals surface area contributed by atoms with Crippen LogP contribution in [-0.4, -0.2) is 0 Å². The first kappa shape index (κ1) is 12.6. The standard InChI is InChI=1S/C17H16N2O/c18-11-12-5-8-17(16(19)9-12)20-15-7-6-13-3-1-2-4-14(13)10-15/h5-10H,1-4,19H2. The molecule has 0 bridgehead atoms. The van der Waals surface area contributed by atoms with Crippen molar-refractivity contribution in [3.8, 4) is 17.6 Å². The molecule has 0 radical (unpaired) electrons. The molecule has 2 aromatic carbocycles. The van der Waals surface area contributed by atoms with Crippen LogP contribution in [0.3, 0.4) is 0 Å². The monoisotopic (exact) mass is 264 g/mol. The summed E-state index contributed by atoms with van der Waals surface area (Å²) in [4.78, 5) is 0. The topological polar surface area (TPSA) is 59.0 Å². The minimum Gasteiger partial charge on any atom is -0.455 e. The fourth-order valence-corrected chi connectivity index (χ4v) is 2.61. The number of benzene rings is 2. The molecule has 3 nitrogen and oxygen atoms in total. The van der Waals surface area contributed by atoms with Crippen LogP contribution < -0.4 is 10.5 Å². The van der Waals surface area contributed by atoms with Gasteiger partial charge in [-0.2, -0.15) is 5.26 Å². The molecule has 0 unspecified atom stereocenters. The van der Waals surface area contributed by atoms with Gasteiger partial charge >= 0.3 is 0 Å². The number of anilines is 1. The third-order valence-corrected chi connectivity index (χ3v) is 3.69. The van der Waals surface area contributed by atoms with E-state index in [1.54, 1.807) is 18.2 Å². The Morgan fingerprint density at radius 2 is 1.80 bits per heavy atom. The number of nitrogen functional groups attached to an aromatic ring is 1. The molecule has 2 N–H and O–H groups in total. The number of rotatable bonds is 2. The molecule has 0 atom stereocenters. The molecular formula is C17H16N2O. The average molecular weight is 264 g/mol. The fraction of sp³-hybridized carbons (Fsp3) is 0.235. The number of aryl methyl sites for hydroxylation is 2. The smallest absolute Gasteiger partial charge is 0.150 e. The Hall–Kier alpha value is -2.47. The average Bonchev–Trinajstić information content (AvgIpc) is 2.49. The van der Waals surface area contributed by atoms with E-state index in [-0.39, 0.29) is 0 Å². The third kappa shape index (κ3) is 2.46. The number of hydrogen-bond donors (Lipinski definition) is 1. The van der Waals surface area contributed by atoms with Crippen LogP contribution in [0.1, 0.15) is 29.5 Å². The predicted molar refractivity (Wildman–Crippen MR) is 78.7 cm³/mol. The van der Waals surface area contributed by atoms with Gasteiger partial charge in [-0.15, -0.1) is 0 Å². The van der Waals surface area contributed by atoms with Crippen molar-refractivity contribution < 1.29 is 4.74 Å². The van der Waals surface area contributed by atoms with Crippen molar-refractivity contribution in [2.24, 2.45) is 0 Å². The van der Waals surface area contributed by atoms with Gasteiger partial charge in [0, 0.05) is 0 Å². The first-order chi connectivity index (χ1) is 9.76. The van der Waals surface area contributed by atoms with Crippen LogP contribution in [0.25, 0.3) is 0 Å². The van der Waals surface area contributed by atoms with Gasteiger partial charge in [-0.1, -0.05) is 6.07 Å². The number of nitrogens with two attached hydrogens (primary N) is 1. The molecule has 0 saturated heterocycles. The second-order valence-corrected chi connectivity index (χ2v) is 5.10. The highest BCUT2D eigenvalue weighted by Gasteiger charge is 2.11. The Morgan fingerprint density at radius 3 is 2.55 bits per heavy atom. The van der Waals surface area contributed by atoms with E-state index in [1.165, 1.54) is 24.0 Å². The second-order valence-electron chi connectivity index (χ2n) is 5.10. The molecule has 0 fully saturated rings. The van der Waals surface area contributed by atoms with E-state index in [0.29, 0.717) is 17.0 Å². The zero-order valence-corrected chi connectivity index (χ0v) is 11.2. The molecule has 1 aliphatic rings. The lowest BCUT2D eigenvalue weighted by atomic mass is 9.92. The van der Waals surface area contributed by atoms with E-state index in [0.717, 1.165) is 18.6 Å². The number of hydrogen-bond acceptors (Lipinski definition) is 3. The Kier molecular flexibility index (Phi) is 3.30. The van der Waals surface area contributed by atoms with E-state index in [1.807, 2.05) is 6.07 Å². The summed E-state index contributed by atoms with van der Waals surface area (Å²) >= 11 is 0. The van der Waals surface area contributed by atoms with Crippen LogP contribution in [0, 0.1) is 11.3 Å². The maximum atomic E-state index is 8.83. The fourth-order valence-electron chi connectivity index (χ4n) is 2.61. The summed E-state index contributed by atoms with van der Waals surface area (Å²) in [6.07, 6.45) is 4.80.